The third-order valence-corrected chi connectivity index (χ3v) is 3.15. The zero-order chi connectivity index (χ0) is 14.0. The molecule has 0 aliphatic carbocycles. The van der Waals surface area contributed by atoms with Crippen LogP contribution in [0.4, 0.5) is 13.2 Å². The van der Waals surface area contributed by atoms with Gasteiger partial charge in [0.05, 0.1) is 5.54 Å². The summed E-state index contributed by atoms with van der Waals surface area (Å²) in [6, 6.07) is 0. The lowest BCUT2D eigenvalue weighted by Gasteiger charge is -2.27. The van der Waals surface area contributed by atoms with E-state index in [1.54, 1.807) is 6.92 Å². The van der Waals surface area contributed by atoms with Crippen molar-refractivity contribution >= 4 is 0 Å². The molecule has 1 heterocycles. The summed E-state index contributed by atoms with van der Waals surface area (Å²) in [5.74, 6) is -1.13. The molecule has 0 saturated carbocycles. The first-order valence-electron chi connectivity index (χ1n) is 5.93. The first-order chi connectivity index (χ1) is 8.23. The Labute approximate surface area is 104 Å². The second-order valence-electron chi connectivity index (χ2n) is 4.65. The molecule has 18 heavy (non-hydrogen) atoms. The van der Waals surface area contributed by atoms with E-state index in [9.17, 15) is 13.2 Å². The van der Waals surface area contributed by atoms with E-state index < -0.39 is 17.6 Å². The standard InChI is InChI=1S/C11H18F3N3O/c1-4-7(3)6-10(15,5-2)8-16-9(18-17-8)11(12,13)14/h7H,4-6,15H2,1-3H3. The minimum absolute atomic E-state index is 0.0716. The van der Waals surface area contributed by atoms with E-state index in [-0.39, 0.29) is 11.7 Å². The van der Waals surface area contributed by atoms with Crippen molar-refractivity contribution in [2.75, 3.05) is 0 Å². The van der Waals surface area contributed by atoms with Gasteiger partial charge in [0.25, 0.3) is 0 Å². The Kier molecular flexibility index (Phi) is 4.37. The van der Waals surface area contributed by atoms with Gasteiger partial charge in [0, 0.05) is 0 Å². The van der Waals surface area contributed by atoms with Gasteiger partial charge < -0.3 is 10.3 Å². The fourth-order valence-electron chi connectivity index (χ4n) is 1.70. The minimum atomic E-state index is -4.63. The zero-order valence-corrected chi connectivity index (χ0v) is 10.7. The molecule has 1 aromatic heterocycles. The highest BCUT2D eigenvalue weighted by molar-refractivity contribution is 5.05. The van der Waals surface area contributed by atoms with Crippen molar-refractivity contribution < 1.29 is 17.7 Å². The Balaban J connectivity index is 2.98. The first kappa shape index (κ1) is 14.9. The molecule has 0 aliphatic rings. The van der Waals surface area contributed by atoms with Gasteiger partial charge in [-0.2, -0.15) is 18.2 Å². The van der Waals surface area contributed by atoms with Gasteiger partial charge in [0.2, 0.25) is 0 Å². The molecule has 0 saturated heterocycles. The van der Waals surface area contributed by atoms with E-state index in [2.05, 4.69) is 14.7 Å². The van der Waals surface area contributed by atoms with Gasteiger partial charge in [-0.3, -0.25) is 0 Å². The molecule has 2 N–H and O–H groups in total. The number of halogens is 3. The second-order valence-corrected chi connectivity index (χ2v) is 4.65. The number of rotatable bonds is 5. The Morgan fingerprint density at radius 1 is 1.33 bits per heavy atom. The van der Waals surface area contributed by atoms with Crippen molar-refractivity contribution in [3.63, 3.8) is 0 Å². The average molecular weight is 265 g/mol. The summed E-state index contributed by atoms with van der Waals surface area (Å²) >= 11 is 0. The summed E-state index contributed by atoms with van der Waals surface area (Å²) in [6.45, 7) is 5.78. The molecule has 104 valence electrons. The molecular weight excluding hydrogens is 247 g/mol. The van der Waals surface area contributed by atoms with Gasteiger partial charge in [0.15, 0.2) is 5.82 Å². The Morgan fingerprint density at radius 3 is 2.33 bits per heavy atom. The maximum atomic E-state index is 12.4. The average Bonchev–Trinajstić information content (AvgIpc) is 2.78. The second kappa shape index (κ2) is 5.26. The number of alkyl halides is 3. The molecule has 0 fully saturated rings. The van der Waals surface area contributed by atoms with Crippen LogP contribution >= 0.6 is 0 Å². The van der Waals surface area contributed by atoms with Crippen LogP contribution in [-0.2, 0) is 11.7 Å². The minimum Gasteiger partial charge on any atom is -0.329 e. The van der Waals surface area contributed by atoms with E-state index in [4.69, 9.17) is 5.73 Å². The SMILES string of the molecule is CCC(C)CC(N)(CC)c1noc(C(F)(F)F)n1. The van der Waals surface area contributed by atoms with Crippen molar-refractivity contribution in [1.29, 1.82) is 0 Å². The smallest absolute Gasteiger partial charge is 0.329 e. The monoisotopic (exact) mass is 265 g/mol. The largest absolute Gasteiger partial charge is 0.471 e. The third kappa shape index (κ3) is 3.22. The van der Waals surface area contributed by atoms with Gasteiger partial charge >= 0.3 is 12.1 Å². The number of hydrogen-bond donors (Lipinski definition) is 1. The zero-order valence-electron chi connectivity index (χ0n) is 10.7. The Bertz CT molecular complexity index is 391. The molecule has 2 unspecified atom stereocenters. The Morgan fingerprint density at radius 2 is 1.94 bits per heavy atom. The summed E-state index contributed by atoms with van der Waals surface area (Å²) in [5.41, 5.74) is 5.13. The topological polar surface area (TPSA) is 64.9 Å². The van der Waals surface area contributed by atoms with Crippen LogP contribution in [0.2, 0.25) is 0 Å². The summed E-state index contributed by atoms with van der Waals surface area (Å²) in [7, 11) is 0. The number of hydrogen-bond acceptors (Lipinski definition) is 4. The van der Waals surface area contributed by atoms with Crippen molar-refractivity contribution in [3.8, 4) is 0 Å². The molecule has 1 aromatic rings. The van der Waals surface area contributed by atoms with E-state index in [0.29, 0.717) is 12.8 Å². The van der Waals surface area contributed by atoms with E-state index in [1.165, 1.54) is 0 Å². The highest BCUT2D eigenvalue weighted by atomic mass is 19.4. The number of nitrogens with two attached hydrogens (primary N) is 1. The molecule has 0 spiro atoms. The van der Waals surface area contributed by atoms with E-state index in [0.717, 1.165) is 6.42 Å². The third-order valence-electron chi connectivity index (χ3n) is 3.15. The van der Waals surface area contributed by atoms with Crippen molar-refractivity contribution in [3.05, 3.63) is 11.7 Å². The fraction of sp³-hybridized carbons (Fsp3) is 0.818. The van der Waals surface area contributed by atoms with Gasteiger partial charge in [-0.25, -0.2) is 0 Å². The van der Waals surface area contributed by atoms with Crippen LogP contribution in [0.15, 0.2) is 4.52 Å². The molecular formula is C11H18F3N3O. The summed E-state index contributed by atoms with van der Waals surface area (Å²) < 4.78 is 41.4. The summed E-state index contributed by atoms with van der Waals surface area (Å²) in [4.78, 5) is 3.38. The fourth-order valence-corrected chi connectivity index (χ4v) is 1.70. The molecule has 0 amide bonds. The summed E-state index contributed by atoms with van der Waals surface area (Å²) in [5, 5.41) is 3.38. The molecule has 0 radical (unpaired) electrons. The molecule has 0 aromatic carbocycles. The van der Waals surface area contributed by atoms with Crippen LogP contribution in [0.5, 0.6) is 0 Å². The Hall–Kier alpha value is -1.11. The van der Waals surface area contributed by atoms with Crippen LogP contribution < -0.4 is 5.73 Å². The molecule has 0 aliphatic heterocycles. The molecule has 2 atom stereocenters. The van der Waals surface area contributed by atoms with Crippen molar-refractivity contribution in [2.24, 2.45) is 11.7 Å². The van der Waals surface area contributed by atoms with Crippen LogP contribution in [-0.4, -0.2) is 10.1 Å². The molecule has 0 bridgehead atoms. The van der Waals surface area contributed by atoms with Gasteiger partial charge in [-0.15, -0.1) is 0 Å². The lowest BCUT2D eigenvalue weighted by Crippen LogP contribution is -2.39. The normalized spacial score (nSPS) is 17.5. The number of nitrogens with zero attached hydrogens (tertiary/aromatic N) is 2. The van der Waals surface area contributed by atoms with E-state index in [1.807, 2.05) is 13.8 Å². The first-order valence-corrected chi connectivity index (χ1v) is 5.93. The highest BCUT2D eigenvalue weighted by Crippen LogP contribution is 2.32. The van der Waals surface area contributed by atoms with Crippen molar-refractivity contribution in [2.45, 2.75) is 51.7 Å². The van der Waals surface area contributed by atoms with Crippen molar-refractivity contribution in [1.82, 2.24) is 10.1 Å². The molecule has 4 nitrogen and oxygen atoms in total. The molecule has 1 rings (SSSR count). The molecule has 7 heteroatoms. The predicted molar refractivity (Wildman–Crippen MR) is 59.5 cm³/mol. The quantitative estimate of drug-likeness (QED) is 0.888. The van der Waals surface area contributed by atoms with Crippen LogP contribution in [0.1, 0.15) is 51.7 Å². The van der Waals surface area contributed by atoms with E-state index >= 15 is 0 Å². The highest BCUT2D eigenvalue weighted by Gasteiger charge is 2.41. The summed E-state index contributed by atoms with van der Waals surface area (Å²) in [6.07, 6.45) is -2.76. The predicted octanol–water partition coefficient (Wildman–Crippen LogP) is 3.09. The van der Waals surface area contributed by atoms with Gasteiger partial charge in [-0.05, 0) is 18.8 Å². The maximum Gasteiger partial charge on any atom is 0.471 e. The van der Waals surface area contributed by atoms with Crippen LogP contribution in [0.3, 0.4) is 0 Å². The lowest BCUT2D eigenvalue weighted by atomic mass is 9.85. The van der Waals surface area contributed by atoms with Crippen LogP contribution in [0, 0.1) is 5.92 Å². The lowest BCUT2D eigenvalue weighted by molar-refractivity contribution is -0.159. The number of aromatic nitrogens is 2. The van der Waals surface area contributed by atoms with Gasteiger partial charge in [0.1, 0.15) is 0 Å². The maximum absolute atomic E-state index is 12.4. The van der Waals surface area contributed by atoms with Crippen LogP contribution in [0.25, 0.3) is 0 Å². The van der Waals surface area contributed by atoms with Gasteiger partial charge in [-0.1, -0.05) is 32.3 Å².